The van der Waals surface area contributed by atoms with Crippen LogP contribution in [0.4, 0.5) is 0 Å². The second kappa shape index (κ2) is 11.8. The van der Waals surface area contributed by atoms with Crippen LogP contribution in [0.1, 0.15) is 69.6 Å². The van der Waals surface area contributed by atoms with Crippen molar-refractivity contribution in [3.63, 3.8) is 0 Å². The van der Waals surface area contributed by atoms with Gasteiger partial charge in [0, 0.05) is 11.3 Å². The molecule has 0 bridgehead atoms. The molecule has 1 heterocycles. The predicted octanol–water partition coefficient (Wildman–Crippen LogP) is 5.38. The molecule has 0 radical (unpaired) electrons. The Morgan fingerprint density at radius 3 is 2.48 bits per heavy atom. The molecule has 0 atom stereocenters. The summed E-state index contributed by atoms with van der Waals surface area (Å²) in [4.78, 5) is 12.5. The quantitative estimate of drug-likeness (QED) is 0.330. The van der Waals surface area contributed by atoms with E-state index in [2.05, 4.69) is 17.5 Å². The van der Waals surface area contributed by atoms with Crippen molar-refractivity contribution in [2.75, 3.05) is 0 Å². The molecule has 0 unspecified atom stereocenters. The van der Waals surface area contributed by atoms with E-state index >= 15 is 0 Å². The van der Waals surface area contributed by atoms with Gasteiger partial charge >= 0.3 is 0 Å². The highest BCUT2D eigenvalue weighted by Gasteiger charge is 1.99. The summed E-state index contributed by atoms with van der Waals surface area (Å²) in [6, 6.07) is 3.69. The first kappa shape index (κ1) is 18.2. The number of halogens is 1. The summed E-state index contributed by atoms with van der Waals surface area (Å²) in [6.07, 6.45) is 12.1. The standard InChI is InChI=1S/C16H25ClN2OS/c1-2-3-4-5-6-7-8-9-10-16(20)19-18-13-14-11-12-15(17)21-14/h11-13H,2-10H2,1H3,(H,19,20). The number of rotatable bonds is 11. The van der Waals surface area contributed by atoms with Crippen LogP contribution in [-0.4, -0.2) is 12.1 Å². The Morgan fingerprint density at radius 2 is 1.86 bits per heavy atom. The van der Waals surface area contributed by atoms with Crippen molar-refractivity contribution < 1.29 is 4.79 Å². The first-order valence-electron chi connectivity index (χ1n) is 7.79. The van der Waals surface area contributed by atoms with Crippen LogP contribution >= 0.6 is 22.9 Å². The largest absolute Gasteiger partial charge is 0.273 e. The minimum Gasteiger partial charge on any atom is -0.273 e. The molecule has 1 aromatic rings. The second-order valence-electron chi connectivity index (χ2n) is 5.16. The van der Waals surface area contributed by atoms with Crippen molar-refractivity contribution in [1.29, 1.82) is 0 Å². The first-order chi connectivity index (χ1) is 10.2. The van der Waals surface area contributed by atoms with E-state index in [1.807, 2.05) is 12.1 Å². The Hall–Kier alpha value is -0.870. The third-order valence-corrected chi connectivity index (χ3v) is 4.40. The summed E-state index contributed by atoms with van der Waals surface area (Å²) < 4.78 is 0.724. The van der Waals surface area contributed by atoms with Crippen molar-refractivity contribution >= 4 is 35.1 Å². The molecular formula is C16H25ClN2OS. The predicted molar refractivity (Wildman–Crippen MR) is 92.3 cm³/mol. The second-order valence-corrected chi connectivity index (χ2v) is 6.91. The molecule has 0 aliphatic carbocycles. The van der Waals surface area contributed by atoms with Gasteiger partial charge in [-0.15, -0.1) is 11.3 Å². The summed E-state index contributed by atoms with van der Waals surface area (Å²) in [5.74, 6) is -0.0140. The van der Waals surface area contributed by atoms with Crippen LogP contribution in [0.3, 0.4) is 0 Å². The number of unbranched alkanes of at least 4 members (excludes halogenated alkanes) is 7. The number of hydrazone groups is 1. The number of carbonyl (C=O) groups excluding carboxylic acids is 1. The minimum absolute atomic E-state index is 0.0140. The summed E-state index contributed by atoms with van der Waals surface area (Å²) in [5.41, 5.74) is 2.55. The van der Waals surface area contributed by atoms with E-state index in [1.165, 1.54) is 49.9 Å². The molecule has 118 valence electrons. The number of carbonyl (C=O) groups is 1. The van der Waals surface area contributed by atoms with E-state index in [0.717, 1.165) is 22.1 Å². The van der Waals surface area contributed by atoms with Crippen LogP contribution in [0.5, 0.6) is 0 Å². The lowest BCUT2D eigenvalue weighted by atomic mass is 10.1. The van der Waals surface area contributed by atoms with Gasteiger partial charge in [-0.25, -0.2) is 5.43 Å². The zero-order chi connectivity index (χ0) is 15.3. The molecule has 0 aliphatic heterocycles. The molecule has 0 saturated heterocycles. The number of amides is 1. The molecule has 21 heavy (non-hydrogen) atoms. The number of thiophene rings is 1. The molecule has 5 heteroatoms. The van der Waals surface area contributed by atoms with Crippen molar-refractivity contribution in [2.45, 2.75) is 64.7 Å². The minimum atomic E-state index is -0.0140. The van der Waals surface area contributed by atoms with Gasteiger partial charge in [-0.3, -0.25) is 4.79 Å². The van der Waals surface area contributed by atoms with Crippen LogP contribution < -0.4 is 5.43 Å². The summed E-state index contributed by atoms with van der Waals surface area (Å²) in [5, 5.41) is 3.93. The molecule has 0 spiro atoms. The van der Waals surface area contributed by atoms with Crippen LogP contribution in [0, 0.1) is 0 Å². The van der Waals surface area contributed by atoms with Gasteiger partial charge in [0.05, 0.1) is 10.6 Å². The summed E-state index contributed by atoms with van der Waals surface area (Å²) in [7, 11) is 0. The summed E-state index contributed by atoms with van der Waals surface area (Å²) in [6.45, 7) is 2.23. The van der Waals surface area contributed by atoms with Crippen LogP contribution in [-0.2, 0) is 4.79 Å². The van der Waals surface area contributed by atoms with Gasteiger partial charge in [0.25, 0.3) is 0 Å². The highest BCUT2D eigenvalue weighted by molar-refractivity contribution is 7.17. The SMILES string of the molecule is CCCCCCCCCCC(=O)NN=Cc1ccc(Cl)s1. The lowest BCUT2D eigenvalue weighted by Gasteiger charge is -2.01. The fourth-order valence-corrected chi connectivity index (χ4v) is 2.97. The summed E-state index contributed by atoms with van der Waals surface area (Å²) >= 11 is 7.25. The number of nitrogens with zero attached hydrogens (tertiary/aromatic N) is 1. The Kier molecular flexibility index (Phi) is 10.2. The molecule has 0 fully saturated rings. The Bertz CT molecular complexity index is 432. The van der Waals surface area contributed by atoms with Crippen molar-refractivity contribution in [1.82, 2.24) is 5.43 Å². The number of hydrogen-bond donors (Lipinski definition) is 1. The fourth-order valence-electron chi connectivity index (χ4n) is 2.04. The zero-order valence-corrected chi connectivity index (χ0v) is 14.3. The first-order valence-corrected chi connectivity index (χ1v) is 8.99. The van der Waals surface area contributed by atoms with Gasteiger partial charge in [0.1, 0.15) is 0 Å². The fraction of sp³-hybridized carbons (Fsp3) is 0.625. The number of nitrogens with one attached hydrogen (secondary N) is 1. The molecule has 1 N–H and O–H groups in total. The van der Waals surface area contributed by atoms with Gasteiger partial charge < -0.3 is 0 Å². The van der Waals surface area contributed by atoms with E-state index in [-0.39, 0.29) is 5.91 Å². The van der Waals surface area contributed by atoms with E-state index in [0.29, 0.717) is 6.42 Å². The topological polar surface area (TPSA) is 41.5 Å². The smallest absolute Gasteiger partial charge is 0.240 e. The third kappa shape index (κ3) is 9.64. The third-order valence-electron chi connectivity index (χ3n) is 3.23. The molecule has 1 aromatic heterocycles. The van der Waals surface area contributed by atoms with Gasteiger partial charge in [0.15, 0.2) is 0 Å². The van der Waals surface area contributed by atoms with E-state index in [9.17, 15) is 4.79 Å². The molecular weight excluding hydrogens is 304 g/mol. The maximum Gasteiger partial charge on any atom is 0.240 e. The molecule has 1 amide bonds. The van der Waals surface area contributed by atoms with E-state index in [1.54, 1.807) is 6.21 Å². The van der Waals surface area contributed by atoms with Crippen molar-refractivity contribution in [2.24, 2.45) is 5.10 Å². The Labute approximate surface area is 136 Å². The Morgan fingerprint density at radius 1 is 1.19 bits per heavy atom. The highest BCUT2D eigenvalue weighted by atomic mass is 35.5. The average molecular weight is 329 g/mol. The molecule has 0 aliphatic rings. The van der Waals surface area contributed by atoms with Crippen molar-refractivity contribution in [3.05, 3.63) is 21.3 Å². The molecule has 3 nitrogen and oxygen atoms in total. The molecule has 0 saturated carbocycles. The van der Waals surface area contributed by atoms with Gasteiger partial charge in [0.2, 0.25) is 5.91 Å². The van der Waals surface area contributed by atoms with E-state index in [4.69, 9.17) is 11.6 Å². The van der Waals surface area contributed by atoms with Gasteiger partial charge in [-0.05, 0) is 18.6 Å². The van der Waals surface area contributed by atoms with Crippen molar-refractivity contribution in [3.8, 4) is 0 Å². The number of hydrogen-bond acceptors (Lipinski definition) is 3. The lowest BCUT2D eigenvalue weighted by Crippen LogP contribution is -2.16. The monoisotopic (exact) mass is 328 g/mol. The average Bonchev–Trinajstić information content (AvgIpc) is 2.87. The Balaban J connectivity index is 1.98. The highest BCUT2D eigenvalue weighted by Crippen LogP contribution is 2.19. The normalized spacial score (nSPS) is 11.1. The molecule has 1 rings (SSSR count). The van der Waals surface area contributed by atoms with Gasteiger partial charge in [-0.1, -0.05) is 63.5 Å². The maximum absolute atomic E-state index is 11.6. The van der Waals surface area contributed by atoms with Crippen LogP contribution in [0.25, 0.3) is 0 Å². The van der Waals surface area contributed by atoms with Crippen LogP contribution in [0.15, 0.2) is 17.2 Å². The van der Waals surface area contributed by atoms with Gasteiger partial charge in [-0.2, -0.15) is 5.10 Å². The van der Waals surface area contributed by atoms with Crippen LogP contribution in [0.2, 0.25) is 4.34 Å². The molecule has 0 aromatic carbocycles. The lowest BCUT2D eigenvalue weighted by molar-refractivity contribution is -0.121. The van der Waals surface area contributed by atoms with E-state index < -0.39 is 0 Å². The maximum atomic E-state index is 11.6. The zero-order valence-electron chi connectivity index (χ0n) is 12.7.